The highest BCUT2D eigenvalue weighted by Crippen LogP contribution is 2.21. The van der Waals surface area contributed by atoms with E-state index < -0.39 is 5.82 Å². The summed E-state index contributed by atoms with van der Waals surface area (Å²) >= 11 is 0. The zero-order valence-corrected chi connectivity index (χ0v) is 9.95. The second-order valence-corrected chi connectivity index (χ2v) is 3.95. The molecule has 0 unspecified atom stereocenters. The number of nitriles is 1. The van der Waals surface area contributed by atoms with E-state index in [1.165, 1.54) is 6.07 Å². The molecule has 3 nitrogen and oxygen atoms in total. The van der Waals surface area contributed by atoms with Crippen molar-refractivity contribution < 1.29 is 4.39 Å². The van der Waals surface area contributed by atoms with Crippen molar-refractivity contribution in [3.8, 4) is 11.8 Å². The zero-order chi connectivity index (χ0) is 12.6. The van der Waals surface area contributed by atoms with Crippen LogP contribution in [0.3, 0.4) is 0 Å². The molecular formula is C13H12FN3. The predicted molar refractivity (Wildman–Crippen MR) is 62.4 cm³/mol. The fraction of sp³-hybridized carbons (Fsp3) is 0.231. The third kappa shape index (κ3) is 1.70. The van der Waals surface area contributed by atoms with Gasteiger partial charge in [-0.05, 0) is 38.5 Å². The number of aryl methyl sites for hydroxylation is 1. The highest BCUT2D eigenvalue weighted by molar-refractivity contribution is 5.50. The van der Waals surface area contributed by atoms with Crippen molar-refractivity contribution in [2.75, 3.05) is 0 Å². The summed E-state index contributed by atoms with van der Waals surface area (Å²) in [6, 6.07) is 6.44. The van der Waals surface area contributed by atoms with Gasteiger partial charge in [0.1, 0.15) is 17.4 Å². The molecule has 0 aliphatic rings. The van der Waals surface area contributed by atoms with E-state index in [9.17, 15) is 4.39 Å². The minimum Gasteiger partial charge on any atom is -0.236 e. The molecule has 0 radical (unpaired) electrons. The Balaban J connectivity index is 2.74. The van der Waals surface area contributed by atoms with Crippen molar-refractivity contribution in [3.63, 3.8) is 0 Å². The van der Waals surface area contributed by atoms with Crippen LogP contribution in [-0.2, 0) is 0 Å². The van der Waals surface area contributed by atoms with Gasteiger partial charge in [-0.25, -0.2) is 9.07 Å². The molecule has 1 aromatic carbocycles. The second-order valence-electron chi connectivity index (χ2n) is 3.95. The molecule has 0 aliphatic carbocycles. The molecule has 4 heteroatoms. The lowest BCUT2D eigenvalue weighted by Gasteiger charge is -2.07. The summed E-state index contributed by atoms with van der Waals surface area (Å²) in [7, 11) is 0. The Morgan fingerprint density at radius 3 is 2.53 bits per heavy atom. The maximum absolute atomic E-state index is 13.5. The highest BCUT2D eigenvalue weighted by Gasteiger charge is 2.14. The Morgan fingerprint density at radius 2 is 2.00 bits per heavy atom. The third-order valence-electron chi connectivity index (χ3n) is 2.98. The van der Waals surface area contributed by atoms with Crippen molar-refractivity contribution in [2.24, 2.45) is 0 Å². The lowest BCUT2D eigenvalue weighted by atomic mass is 10.1. The number of hydrogen-bond acceptors (Lipinski definition) is 2. The average Bonchev–Trinajstić information content (AvgIpc) is 2.56. The van der Waals surface area contributed by atoms with Gasteiger partial charge in [-0.15, -0.1) is 0 Å². The van der Waals surface area contributed by atoms with Gasteiger partial charge in [0, 0.05) is 5.69 Å². The first-order chi connectivity index (χ1) is 8.06. The molecule has 0 aliphatic heterocycles. The summed E-state index contributed by atoms with van der Waals surface area (Å²) < 4.78 is 15.1. The summed E-state index contributed by atoms with van der Waals surface area (Å²) in [5.41, 5.74) is 3.37. The topological polar surface area (TPSA) is 41.6 Å². The van der Waals surface area contributed by atoms with Crippen LogP contribution < -0.4 is 0 Å². The molecule has 0 amide bonds. The van der Waals surface area contributed by atoms with E-state index >= 15 is 0 Å². The number of nitrogens with zero attached hydrogens (tertiary/aromatic N) is 3. The summed E-state index contributed by atoms with van der Waals surface area (Å²) in [5, 5.41) is 13.3. The first-order valence-electron chi connectivity index (χ1n) is 5.28. The lowest BCUT2D eigenvalue weighted by Crippen LogP contribution is -2.03. The van der Waals surface area contributed by atoms with E-state index in [0.29, 0.717) is 5.69 Å². The van der Waals surface area contributed by atoms with E-state index in [2.05, 4.69) is 5.10 Å². The molecule has 0 bridgehead atoms. The van der Waals surface area contributed by atoms with Gasteiger partial charge in [0.25, 0.3) is 0 Å². The lowest BCUT2D eigenvalue weighted by molar-refractivity contribution is 0.620. The number of hydrogen-bond donors (Lipinski definition) is 0. The van der Waals surface area contributed by atoms with Crippen LogP contribution in [0.2, 0.25) is 0 Å². The van der Waals surface area contributed by atoms with Gasteiger partial charge in [0.2, 0.25) is 0 Å². The molecule has 0 saturated heterocycles. The van der Waals surface area contributed by atoms with Crippen molar-refractivity contribution in [1.82, 2.24) is 9.78 Å². The Morgan fingerprint density at radius 1 is 1.29 bits per heavy atom. The zero-order valence-electron chi connectivity index (χ0n) is 9.95. The fourth-order valence-corrected chi connectivity index (χ4v) is 1.76. The molecule has 0 N–H and O–H groups in total. The van der Waals surface area contributed by atoms with Crippen molar-refractivity contribution in [3.05, 3.63) is 46.5 Å². The maximum Gasteiger partial charge on any atom is 0.143 e. The minimum absolute atomic E-state index is 0.0260. The number of benzene rings is 1. The molecule has 0 saturated carbocycles. The molecular weight excluding hydrogens is 217 g/mol. The molecule has 2 aromatic rings. The van der Waals surface area contributed by atoms with Crippen LogP contribution in [0.15, 0.2) is 18.2 Å². The molecule has 1 heterocycles. The third-order valence-corrected chi connectivity index (χ3v) is 2.98. The Hall–Kier alpha value is -2.15. The predicted octanol–water partition coefficient (Wildman–Crippen LogP) is 2.81. The molecule has 1 aromatic heterocycles. The number of halogens is 1. The molecule has 0 fully saturated rings. The molecule has 86 valence electrons. The first-order valence-corrected chi connectivity index (χ1v) is 5.28. The smallest absolute Gasteiger partial charge is 0.143 e. The highest BCUT2D eigenvalue weighted by atomic mass is 19.1. The van der Waals surface area contributed by atoms with Gasteiger partial charge < -0.3 is 0 Å². The fourth-order valence-electron chi connectivity index (χ4n) is 1.76. The van der Waals surface area contributed by atoms with Crippen molar-refractivity contribution >= 4 is 0 Å². The van der Waals surface area contributed by atoms with Gasteiger partial charge in [-0.2, -0.15) is 10.4 Å². The van der Waals surface area contributed by atoms with Gasteiger partial charge in [-0.1, -0.05) is 6.07 Å². The summed E-state index contributed by atoms with van der Waals surface area (Å²) in [4.78, 5) is 0. The quantitative estimate of drug-likeness (QED) is 0.754. The minimum atomic E-state index is -0.518. The van der Waals surface area contributed by atoms with E-state index in [4.69, 9.17) is 5.26 Å². The van der Waals surface area contributed by atoms with Crippen LogP contribution in [0, 0.1) is 37.9 Å². The van der Waals surface area contributed by atoms with Crippen LogP contribution in [-0.4, -0.2) is 9.78 Å². The van der Waals surface area contributed by atoms with Gasteiger partial charge in [0.05, 0.1) is 11.4 Å². The SMILES string of the molecule is Cc1nn(-c2cccc(F)c2C#N)c(C)c1C. The van der Waals surface area contributed by atoms with E-state index in [1.54, 1.807) is 16.8 Å². The summed E-state index contributed by atoms with van der Waals surface area (Å²) in [5.74, 6) is -0.518. The Labute approximate surface area is 99.1 Å². The average molecular weight is 229 g/mol. The van der Waals surface area contributed by atoms with Gasteiger partial charge in [0.15, 0.2) is 0 Å². The van der Waals surface area contributed by atoms with E-state index in [1.807, 2.05) is 26.8 Å². The van der Waals surface area contributed by atoms with Gasteiger partial charge >= 0.3 is 0 Å². The largest absolute Gasteiger partial charge is 0.236 e. The maximum atomic E-state index is 13.5. The Kier molecular flexibility index (Phi) is 2.68. The molecule has 2 rings (SSSR count). The van der Waals surface area contributed by atoms with Crippen LogP contribution in [0.25, 0.3) is 5.69 Å². The number of rotatable bonds is 1. The monoisotopic (exact) mass is 229 g/mol. The van der Waals surface area contributed by atoms with E-state index in [-0.39, 0.29) is 5.56 Å². The van der Waals surface area contributed by atoms with Crippen LogP contribution in [0.4, 0.5) is 4.39 Å². The normalized spacial score (nSPS) is 10.3. The second kappa shape index (κ2) is 4.02. The molecule has 17 heavy (non-hydrogen) atoms. The molecule has 0 atom stereocenters. The summed E-state index contributed by atoms with van der Waals surface area (Å²) in [6.07, 6.45) is 0. The molecule has 0 spiro atoms. The standard InChI is InChI=1S/C13H12FN3/c1-8-9(2)16-17(10(8)3)13-6-4-5-12(14)11(13)7-15/h4-6H,1-3H3. The van der Waals surface area contributed by atoms with E-state index in [0.717, 1.165) is 17.0 Å². The Bertz CT molecular complexity index is 620. The first kappa shape index (κ1) is 11.3. The van der Waals surface area contributed by atoms with Crippen LogP contribution in [0.5, 0.6) is 0 Å². The number of aromatic nitrogens is 2. The van der Waals surface area contributed by atoms with Crippen molar-refractivity contribution in [1.29, 1.82) is 5.26 Å². The van der Waals surface area contributed by atoms with Crippen molar-refractivity contribution in [2.45, 2.75) is 20.8 Å². The van der Waals surface area contributed by atoms with Crippen LogP contribution in [0.1, 0.15) is 22.5 Å². The summed E-state index contributed by atoms with van der Waals surface area (Å²) in [6.45, 7) is 5.76. The van der Waals surface area contributed by atoms with Gasteiger partial charge in [-0.3, -0.25) is 0 Å². The van der Waals surface area contributed by atoms with Crippen LogP contribution >= 0.6 is 0 Å².